The number of ether oxygens (including phenoxy) is 4. The second kappa shape index (κ2) is 15.7. The molecule has 17 nitrogen and oxygen atoms in total. The van der Waals surface area contributed by atoms with Crippen LogP contribution in [0.5, 0.6) is 0 Å². The largest absolute Gasteiger partial charge is 0.481 e. The first-order valence-corrected chi connectivity index (χ1v) is 23.0. The van der Waals surface area contributed by atoms with Gasteiger partial charge in [-0.3, -0.25) is 14.1 Å². The average Bonchev–Trinajstić information content (AvgIpc) is 3.17. The zero-order chi connectivity index (χ0) is 44.3. The Hall–Kier alpha value is -1.81. The summed E-state index contributed by atoms with van der Waals surface area (Å²) in [6.07, 6.45) is -10.0. The van der Waals surface area contributed by atoms with Crippen LogP contribution in [0.15, 0.2) is 11.6 Å². The van der Waals surface area contributed by atoms with Crippen LogP contribution in [0.2, 0.25) is 0 Å². The lowest BCUT2D eigenvalue weighted by Crippen LogP contribution is -2.69. The average molecular weight is 875 g/mol. The quantitative estimate of drug-likeness (QED) is 0.0750. The Morgan fingerprint density at radius 1 is 0.817 bits per heavy atom. The van der Waals surface area contributed by atoms with Gasteiger partial charge in [0, 0.05) is 0 Å². The summed E-state index contributed by atoms with van der Waals surface area (Å²) in [5, 5.41) is 74.5. The zero-order valence-corrected chi connectivity index (χ0v) is 36.4. The number of hydrogen-bond acceptors (Lipinski definition) is 15. The van der Waals surface area contributed by atoms with Crippen LogP contribution in [0, 0.1) is 56.7 Å². The van der Waals surface area contributed by atoms with Crippen LogP contribution in [0.4, 0.5) is 0 Å². The Morgan fingerprint density at radius 3 is 2.13 bits per heavy atom. The number of esters is 1. The van der Waals surface area contributed by atoms with Crippen molar-refractivity contribution in [2.75, 3.05) is 6.61 Å². The number of rotatable bonds is 8. The van der Waals surface area contributed by atoms with Crippen molar-refractivity contribution in [1.29, 1.82) is 0 Å². The third-order valence-electron chi connectivity index (χ3n) is 17.5. The van der Waals surface area contributed by atoms with Crippen LogP contribution < -0.4 is 0 Å². The topological polar surface area (TPSA) is 276 Å². The van der Waals surface area contributed by atoms with Gasteiger partial charge in [0.15, 0.2) is 12.4 Å². The van der Waals surface area contributed by atoms with E-state index in [1.165, 1.54) is 6.92 Å². The fourth-order valence-electron chi connectivity index (χ4n) is 14.1. The van der Waals surface area contributed by atoms with Crippen molar-refractivity contribution < 1.29 is 81.4 Å². The Bertz CT molecular complexity index is 1800. The van der Waals surface area contributed by atoms with E-state index in [0.717, 1.165) is 12.0 Å². The minimum absolute atomic E-state index is 0.0527. The Balaban J connectivity index is 1.27. The minimum atomic E-state index is -5.08. The molecule has 2 aliphatic heterocycles. The van der Waals surface area contributed by atoms with Gasteiger partial charge in [-0.25, -0.2) is 4.18 Å². The van der Waals surface area contributed by atoms with Gasteiger partial charge in [-0.1, -0.05) is 53.2 Å². The van der Waals surface area contributed by atoms with Crippen LogP contribution in [-0.2, 0) is 43.1 Å². The summed E-state index contributed by atoms with van der Waals surface area (Å²) in [5.74, 6) is -2.25. The summed E-state index contributed by atoms with van der Waals surface area (Å²) in [6.45, 7) is 13.4. The van der Waals surface area contributed by atoms with Crippen LogP contribution in [0.25, 0.3) is 0 Å². The van der Waals surface area contributed by atoms with E-state index < -0.39 is 129 Å². The molecule has 0 bridgehead atoms. The first-order valence-electron chi connectivity index (χ1n) is 21.6. The highest BCUT2D eigenvalue weighted by Crippen LogP contribution is 2.76. The molecule has 0 aromatic carbocycles. The SMILES string of the molecule is C[C@H]1[C@H](C)CC[C@]2(C(=O)O)CC[C@]3(C(=O)O[C@@H]4O[C@H](CO)[C@@H](O)[C@H](O)[C@H]4O)C(=CC[C@@H]4[C@@]5(C)CC[C@H](O[C@@H]6O[C@H](C)[C@@H](O)[C@H](O)[C@H]6OS(=O)(=O)O)C(C)(C)[C@@H]5CC[C@]43C)[C@H]12. The van der Waals surface area contributed by atoms with Crippen molar-refractivity contribution in [3.63, 3.8) is 0 Å². The monoisotopic (exact) mass is 874 g/mol. The van der Waals surface area contributed by atoms with Gasteiger partial charge in [0.1, 0.15) is 36.6 Å². The number of allylic oxidation sites excluding steroid dienone is 1. The number of fused-ring (bicyclic) bond motifs is 7. The lowest BCUT2D eigenvalue weighted by Gasteiger charge is -2.71. The summed E-state index contributed by atoms with van der Waals surface area (Å²) >= 11 is 0. The maximum absolute atomic E-state index is 15.5. The lowest BCUT2D eigenvalue weighted by molar-refractivity contribution is -0.321. The first kappa shape index (κ1) is 46.2. The Kier molecular flexibility index (Phi) is 12.1. The van der Waals surface area contributed by atoms with Crippen molar-refractivity contribution in [3.8, 4) is 0 Å². The molecule has 18 heteroatoms. The number of carboxylic acid groups (broad SMARTS) is 1. The van der Waals surface area contributed by atoms with Crippen LogP contribution in [0.1, 0.15) is 106 Å². The van der Waals surface area contributed by atoms with Gasteiger partial charge >= 0.3 is 22.3 Å². The summed E-state index contributed by atoms with van der Waals surface area (Å²) < 4.78 is 62.2. The Morgan fingerprint density at radius 2 is 1.50 bits per heavy atom. The van der Waals surface area contributed by atoms with E-state index in [0.29, 0.717) is 38.5 Å². The van der Waals surface area contributed by atoms with Gasteiger partial charge in [-0.15, -0.1) is 0 Å². The summed E-state index contributed by atoms with van der Waals surface area (Å²) in [7, 11) is -5.08. The van der Waals surface area contributed by atoms with E-state index in [4.69, 9.17) is 23.1 Å². The van der Waals surface area contributed by atoms with Crippen molar-refractivity contribution in [2.45, 2.75) is 174 Å². The molecule has 20 atom stereocenters. The van der Waals surface area contributed by atoms with Gasteiger partial charge in [-0.05, 0) is 111 Å². The molecular weight excluding hydrogens is 809 g/mol. The molecule has 5 aliphatic carbocycles. The zero-order valence-electron chi connectivity index (χ0n) is 35.5. The summed E-state index contributed by atoms with van der Waals surface area (Å²) in [4.78, 5) is 28.9. The molecule has 2 saturated heterocycles. The van der Waals surface area contributed by atoms with E-state index in [9.17, 15) is 53.5 Å². The molecule has 0 unspecified atom stereocenters. The second-order valence-electron chi connectivity index (χ2n) is 20.4. The number of carbonyl (C=O) groups is 2. The van der Waals surface area contributed by atoms with Gasteiger partial charge in [0.25, 0.3) is 0 Å². The van der Waals surface area contributed by atoms with E-state index in [2.05, 4.69) is 47.6 Å². The molecule has 0 spiro atoms. The van der Waals surface area contributed by atoms with Crippen molar-refractivity contribution in [1.82, 2.24) is 0 Å². The standard InChI is InChI=1S/C42H66O17S/c1-19-10-15-41(36(49)50)16-17-42(37(51)58-34-32(48)30(46)29(45)23(18-43)56-34)22(27(41)20(19)2)8-9-25-39(6)13-12-26(38(4,5)24(39)11-14-40(25,42)7)57-35-33(59-60(52,53)54)31(47)28(44)21(3)55-35/h8,19-21,23-35,43-48H,9-18H2,1-7H3,(H,49,50)(H,52,53,54)/t19-,20+,21-,23-,24+,25-,26+,27+,28-,29-,30+,31+,32-,33-,34+,35+,39+,40-,41+,42-/m1/s1. The van der Waals surface area contributed by atoms with Crippen LogP contribution in [0.3, 0.4) is 0 Å². The molecule has 342 valence electrons. The lowest BCUT2D eigenvalue weighted by atomic mass is 9.33. The highest BCUT2D eigenvalue weighted by atomic mass is 32.3. The van der Waals surface area contributed by atoms with E-state index in [1.54, 1.807) is 0 Å². The normalized spacial score (nSPS) is 51.5. The molecule has 0 aromatic heterocycles. The molecule has 4 saturated carbocycles. The van der Waals surface area contributed by atoms with E-state index >= 15 is 4.79 Å². The smallest absolute Gasteiger partial charge is 0.397 e. The molecule has 7 aliphatic rings. The van der Waals surface area contributed by atoms with Crippen LogP contribution in [-0.4, -0.2) is 135 Å². The predicted octanol–water partition coefficient (Wildman–Crippen LogP) is 2.09. The summed E-state index contributed by atoms with van der Waals surface area (Å²) in [6, 6.07) is 0. The summed E-state index contributed by atoms with van der Waals surface area (Å²) in [5.41, 5.74) is -3.65. The number of aliphatic hydroxyl groups is 6. The molecule has 7 rings (SSSR count). The van der Waals surface area contributed by atoms with Crippen molar-refractivity contribution >= 4 is 22.3 Å². The molecule has 6 fully saturated rings. The molecule has 8 N–H and O–H groups in total. The van der Waals surface area contributed by atoms with Gasteiger partial charge in [0.05, 0.1) is 29.6 Å². The molecule has 0 radical (unpaired) electrons. The number of aliphatic carboxylic acids is 1. The van der Waals surface area contributed by atoms with E-state index in [-0.39, 0.29) is 36.5 Å². The van der Waals surface area contributed by atoms with Gasteiger partial charge < -0.3 is 54.7 Å². The first-order chi connectivity index (χ1) is 27.8. The molecule has 60 heavy (non-hydrogen) atoms. The van der Waals surface area contributed by atoms with E-state index in [1.807, 2.05) is 0 Å². The second-order valence-corrected chi connectivity index (χ2v) is 21.5. The fraction of sp³-hybridized carbons (Fsp3) is 0.905. The maximum atomic E-state index is 15.5. The minimum Gasteiger partial charge on any atom is -0.481 e. The molecule has 0 amide bonds. The maximum Gasteiger partial charge on any atom is 0.397 e. The highest BCUT2D eigenvalue weighted by Gasteiger charge is 2.74. The van der Waals surface area contributed by atoms with Gasteiger partial charge in [-0.2, -0.15) is 8.42 Å². The van der Waals surface area contributed by atoms with Crippen molar-refractivity contribution in [2.24, 2.45) is 56.7 Å². The fourth-order valence-corrected chi connectivity index (χ4v) is 14.6. The Labute approximate surface area is 351 Å². The number of carbonyl (C=O) groups excluding carboxylic acids is 1. The molecular formula is C42H66O17S. The molecule has 0 aromatic rings. The predicted molar refractivity (Wildman–Crippen MR) is 208 cm³/mol. The third-order valence-corrected chi connectivity index (χ3v) is 18.0. The third kappa shape index (κ3) is 6.84. The number of carboxylic acids is 1. The number of aliphatic hydroxyl groups excluding tert-OH is 6. The van der Waals surface area contributed by atoms with Crippen LogP contribution >= 0.6 is 0 Å². The highest BCUT2D eigenvalue weighted by molar-refractivity contribution is 7.80. The van der Waals surface area contributed by atoms with Crippen molar-refractivity contribution in [3.05, 3.63) is 11.6 Å². The molecule has 2 heterocycles. The van der Waals surface area contributed by atoms with Gasteiger partial charge in [0.2, 0.25) is 6.29 Å². The number of hydrogen-bond donors (Lipinski definition) is 8.